The molecule has 1 amide bonds. The van der Waals surface area contributed by atoms with Crippen LogP contribution in [0, 0.1) is 0 Å². The molecule has 0 bridgehead atoms. The quantitative estimate of drug-likeness (QED) is 0.618. The number of benzene rings is 2. The summed E-state index contributed by atoms with van der Waals surface area (Å²) in [7, 11) is 1.63. The Hall–Kier alpha value is -1.65. The molecule has 0 atom stereocenters. The monoisotopic (exact) mass is 335 g/mol. The van der Waals surface area contributed by atoms with E-state index in [2.05, 4.69) is 5.32 Å². The number of thioether (sulfide) groups is 1. The zero-order valence-electron chi connectivity index (χ0n) is 12.3. The Balaban J connectivity index is 1.67. The number of amides is 1. The molecule has 0 radical (unpaired) electrons. The Morgan fingerprint density at radius 1 is 1.14 bits per heavy atom. The number of methoxy groups -OCH3 is 1. The fourth-order valence-electron chi connectivity index (χ4n) is 1.88. The summed E-state index contributed by atoms with van der Waals surface area (Å²) in [5.74, 6) is 1.65. The van der Waals surface area contributed by atoms with Crippen molar-refractivity contribution in [2.75, 3.05) is 19.4 Å². The van der Waals surface area contributed by atoms with Crippen LogP contribution in [0.4, 0.5) is 0 Å². The van der Waals surface area contributed by atoms with Gasteiger partial charge in [-0.3, -0.25) is 4.79 Å². The molecule has 116 valence electrons. The Labute approximate surface area is 140 Å². The van der Waals surface area contributed by atoms with Crippen LogP contribution < -0.4 is 10.1 Å². The van der Waals surface area contributed by atoms with Crippen molar-refractivity contribution >= 4 is 29.3 Å². The third-order valence-electron chi connectivity index (χ3n) is 3.03. The fourth-order valence-corrected chi connectivity index (χ4v) is 2.78. The zero-order chi connectivity index (χ0) is 15.8. The maximum absolute atomic E-state index is 11.9. The van der Waals surface area contributed by atoms with E-state index in [-0.39, 0.29) is 5.91 Å². The number of carbonyl (C=O) groups excluding carboxylic acids is 1. The topological polar surface area (TPSA) is 38.3 Å². The molecule has 0 aliphatic carbocycles. The second-order valence-corrected chi connectivity index (χ2v) is 6.28. The minimum absolute atomic E-state index is 0.0295. The van der Waals surface area contributed by atoms with E-state index in [4.69, 9.17) is 16.3 Å². The molecule has 0 spiro atoms. The first-order chi connectivity index (χ1) is 10.7. The van der Waals surface area contributed by atoms with Crippen molar-refractivity contribution in [2.24, 2.45) is 0 Å². The van der Waals surface area contributed by atoms with Crippen LogP contribution in [0.1, 0.15) is 5.56 Å². The molecule has 2 aromatic rings. The highest BCUT2D eigenvalue weighted by Crippen LogP contribution is 2.19. The van der Waals surface area contributed by atoms with Crippen molar-refractivity contribution in [1.82, 2.24) is 5.32 Å². The van der Waals surface area contributed by atoms with Gasteiger partial charge >= 0.3 is 0 Å². The number of ether oxygens (including phenoxy) is 1. The van der Waals surface area contributed by atoms with Gasteiger partial charge in [-0.1, -0.05) is 23.7 Å². The van der Waals surface area contributed by atoms with Crippen molar-refractivity contribution in [2.45, 2.75) is 11.3 Å². The summed E-state index contributed by atoms with van der Waals surface area (Å²) in [6.45, 7) is 0.641. The molecule has 0 heterocycles. The van der Waals surface area contributed by atoms with Gasteiger partial charge in [0.1, 0.15) is 5.75 Å². The largest absolute Gasteiger partial charge is 0.497 e. The number of carbonyl (C=O) groups is 1. The van der Waals surface area contributed by atoms with Crippen molar-refractivity contribution in [1.29, 1.82) is 0 Å². The van der Waals surface area contributed by atoms with Gasteiger partial charge in [-0.15, -0.1) is 11.8 Å². The summed E-state index contributed by atoms with van der Waals surface area (Å²) >= 11 is 7.53. The van der Waals surface area contributed by atoms with Gasteiger partial charge in [0, 0.05) is 22.2 Å². The van der Waals surface area contributed by atoms with Crippen LogP contribution in [-0.4, -0.2) is 25.3 Å². The summed E-state index contributed by atoms with van der Waals surface area (Å²) in [6, 6.07) is 15.2. The third kappa shape index (κ3) is 5.62. The van der Waals surface area contributed by atoms with Crippen molar-refractivity contribution in [3.8, 4) is 5.75 Å². The molecule has 0 fully saturated rings. The molecule has 22 heavy (non-hydrogen) atoms. The van der Waals surface area contributed by atoms with E-state index in [9.17, 15) is 4.79 Å². The standard InChI is InChI=1S/C17H18ClNO2S/c1-21-15-6-2-13(3-7-15)12-17(20)19-10-11-22-16-8-4-14(18)5-9-16/h2-9H,10-12H2,1H3,(H,19,20). The molecule has 0 aliphatic heterocycles. The molecule has 0 unspecified atom stereocenters. The lowest BCUT2D eigenvalue weighted by Crippen LogP contribution is -2.27. The van der Waals surface area contributed by atoms with E-state index < -0.39 is 0 Å². The number of nitrogens with one attached hydrogen (secondary N) is 1. The van der Waals surface area contributed by atoms with E-state index in [1.807, 2.05) is 48.5 Å². The van der Waals surface area contributed by atoms with Crippen LogP contribution in [0.15, 0.2) is 53.4 Å². The van der Waals surface area contributed by atoms with E-state index in [1.54, 1.807) is 18.9 Å². The highest BCUT2D eigenvalue weighted by Gasteiger charge is 2.03. The first kappa shape index (κ1) is 16.7. The summed E-state index contributed by atoms with van der Waals surface area (Å²) in [4.78, 5) is 13.0. The molecular formula is C17H18ClNO2S. The molecule has 0 saturated carbocycles. The molecule has 5 heteroatoms. The van der Waals surface area contributed by atoms with Crippen molar-refractivity contribution in [3.63, 3.8) is 0 Å². The van der Waals surface area contributed by atoms with Crippen LogP contribution in [0.3, 0.4) is 0 Å². The second kappa shape index (κ2) is 8.71. The van der Waals surface area contributed by atoms with E-state index in [1.165, 1.54) is 0 Å². The van der Waals surface area contributed by atoms with Crippen molar-refractivity contribution < 1.29 is 9.53 Å². The maximum Gasteiger partial charge on any atom is 0.224 e. The van der Waals surface area contributed by atoms with E-state index >= 15 is 0 Å². The van der Waals surface area contributed by atoms with Crippen LogP contribution in [0.5, 0.6) is 5.75 Å². The first-order valence-corrected chi connectivity index (χ1v) is 8.32. The normalized spacial score (nSPS) is 10.3. The highest BCUT2D eigenvalue weighted by atomic mass is 35.5. The lowest BCUT2D eigenvalue weighted by Gasteiger charge is -2.06. The van der Waals surface area contributed by atoms with Crippen LogP contribution >= 0.6 is 23.4 Å². The Morgan fingerprint density at radius 2 is 1.82 bits per heavy atom. The summed E-state index contributed by atoms with van der Waals surface area (Å²) in [5.41, 5.74) is 0.976. The summed E-state index contributed by atoms with van der Waals surface area (Å²) < 4.78 is 5.09. The predicted octanol–water partition coefficient (Wildman–Crippen LogP) is 3.80. The van der Waals surface area contributed by atoms with Gasteiger partial charge in [-0.2, -0.15) is 0 Å². The molecule has 1 N–H and O–H groups in total. The van der Waals surface area contributed by atoms with E-state index in [0.717, 1.165) is 27.0 Å². The van der Waals surface area contributed by atoms with Crippen LogP contribution in [-0.2, 0) is 11.2 Å². The second-order valence-electron chi connectivity index (χ2n) is 4.68. The van der Waals surface area contributed by atoms with Gasteiger partial charge in [0.25, 0.3) is 0 Å². The van der Waals surface area contributed by atoms with Gasteiger partial charge in [0.2, 0.25) is 5.91 Å². The minimum Gasteiger partial charge on any atom is -0.497 e. The van der Waals surface area contributed by atoms with Gasteiger partial charge in [-0.25, -0.2) is 0 Å². The smallest absolute Gasteiger partial charge is 0.224 e. The van der Waals surface area contributed by atoms with Gasteiger partial charge < -0.3 is 10.1 Å². The SMILES string of the molecule is COc1ccc(CC(=O)NCCSc2ccc(Cl)cc2)cc1. The Morgan fingerprint density at radius 3 is 2.45 bits per heavy atom. The minimum atomic E-state index is 0.0295. The number of hydrogen-bond acceptors (Lipinski definition) is 3. The molecule has 2 aromatic carbocycles. The van der Waals surface area contributed by atoms with Gasteiger partial charge in [0.15, 0.2) is 0 Å². The number of hydrogen-bond donors (Lipinski definition) is 1. The number of rotatable bonds is 7. The maximum atomic E-state index is 11.9. The Bertz CT molecular complexity index is 599. The molecule has 3 nitrogen and oxygen atoms in total. The summed E-state index contributed by atoms with van der Waals surface area (Å²) in [6.07, 6.45) is 0.385. The summed E-state index contributed by atoms with van der Waals surface area (Å²) in [5, 5.41) is 3.66. The predicted molar refractivity (Wildman–Crippen MR) is 91.9 cm³/mol. The molecule has 2 rings (SSSR count). The molecule has 0 aromatic heterocycles. The number of halogens is 1. The van der Waals surface area contributed by atoms with Gasteiger partial charge in [-0.05, 0) is 42.0 Å². The lowest BCUT2D eigenvalue weighted by atomic mass is 10.1. The zero-order valence-corrected chi connectivity index (χ0v) is 13.9. The van der Waals surface area contributed by atoms with Crippen LogP contribution in [0.25, 0.3) is 0 Å². The van der Waals surface area contributed by atoms with Crippen molar-refractivity contribution in [3.05, 3.63) is 59.1 Å². The van der Waals surface area contributed by atoms with Gasteiger partial charge in [0.05, 0.1) is 13.5 Å². The average molecular weight is 336 g/mol. The molecular weight excluding hydrogens is 318 g/mol. The third-order valence-corrected chi connectivity index (χ3v) is 4.30. The Kier molecular flexibility index (Phi) is 6.62. The first-order valence-electron chi connectivity index (χ1n) is 6.95. The van der Waals surface area contributed by atoms with Crippen LogP contribution in [0.2, 0.25) is 5.02 Å². The lowest BCUT2D eigenvalue weighted by molar-refractivity contribution is -0.120. The highest BCUT2D eigenvalue weighted by molar-refractivity contribution is 7.99. The molecule has 0 aliphatic rings. The molecule has 0 saturated heterocycles. The fraction of sp³-hybridized carbons (Fsp3) is 0.235. The van der Waals surface area contributed by atoms with E-state index in [0.29, 0.717) is 13.0 Å². The average Bonchev–Trinajstić information content (AvgIpc) is 2.54.